The summed E-state index contributed by atoms with van der Waals surface area (Å²) in [6.07, 6.45) is 0.932. The van der Waals surface area contributed by atoms with E-state index in [0.29, 0.717) is 28.3 Å². The van der Waals surface area contributed by atoms with Gasteiger partial charge >= 0.3 is 5.97 Å². The van der Waals surface area contributed by atoms with Crippen molar-refractivity contribution in [2.24, 2.45) is 0 Å². The summed E-state index contributed by atoms with van der Waals surface area (Å²) in [5.74, 6) is 0.608. The number of hydrogen-bond donors (Lipinski definition) is 0. The fraction of sp³-hybridized carbons (Fsp3) is 0.120. The van der Waals surface area contributed by atoms with Crippen molar-refractivity contribution in [3.8, 4) is 11.5 Å². The molecule has 30 heavy (non-hydrogen) atoms. The molecule has 0 fully saturated rings. The summed E-state index contributed by atoms with van der Waals surface area (Å²) in [5, 5.41) is 1.90. The molecule has 5 heteroatoms. The lowest BCUT2D eigenvalue weighted by Gasteiger charge is -2.22. The van der Waals surface area contributed by atoms with Gasteiger partial charge in [-0.05, 0) is 29.7 Å². The van der Waals surface area contributed by atoms with Gasteiger partial charge in [-0.2, -0.15) is 0 Å². The lowest BCUT2D eigenvalue weighted by atomic mass is 9.99. The summed E-state index contributed by atoms with van der Waals surface area (Å²) in [6, 6.07) is 24.2. The molecule has 0 N–H and O–H groups in total. The van der Waals surface area contributed by atoms with Crippen LogP contribution < -0.4 is 9.47 Å². The summed E-state index contributed by atoms with van der Waals surface area (Å²) in [6.45, 7) is 0. The Balaban J connectivity index is 1.89. The molecule has 0 aliphatic rings. The van der Waals surface area contributed by atoms with Gasteiger partial charge in [0.25, 0.3) is 0 Å². The minimum Gasteiger partial charge on any atom is -0.493 e. The number of para-hydroxylation sites is 1. The number of carbonyl (C=O) groups excluding carboxylic acids is 1. The number of benzene rings is 3. The molecule has 1 atom stereocenters. The Hall–Kier alpha value is -3.86. The molecule has 3 aromatic carbocycles. The fourth-order valence-electron chi connectivity index (χ4n) is 3.49. The van der Waals surface area contributed by atoms with Gasteiger partial charge in [0.15, 0.2) is 17.6 Å². The average molecular weight is 399 g/mol. The van der Waals surface area contributed by atoms with Crippen molar-refractivity contribution >= 4 is 16.7 Å². The van der Waals surface area contributed by atoms with Gasteiger partial charge in [-0.3, -0.25) is 4.98 Å². The molecule has 0 saturated heterocycles. The molecule has 150 valence electrons. The number of methoxy groups -OCH3 is 2. The Morgan fingerprint density at radius 3 is 2.37 bits per heavy atom. The number of esters is 1. The Morgan fingerprint density at radius 2 is 1.60 bits per heavy atom. The van der Waals surface area contributed by atoms with Crippen LogP contribution in [0.4, 0.5) is 0 Å². The third kappa shape index (κ3) is 3.70. The molecule has 1 heterocycles. The molecule has 1 unspecified atom stereocenters. The summed E-state index contributed by atoms with van der Waals surface area (Å²) >= 11 is 0. The summed E-state index contributed by atoms with van der Waals surface area (Å²) in [4.78, 5) is 17.6. The summed E-state index contributed by atoms with van der Waals surface area (Å²) < 4.78 is 17.1. The van der Waals surface area contributed by atoms with E-state index in [4.69, 9.17) is 14.2 Å². The minimum atomic E-state index is -0.783. The van der Waals surface area contributed by atoms with E-state index in [9.17, 15) is 4.79 Å². The number of ether oxygens (including phenoxy) is 3. The van der Waals surface area contributed by atoms with Crippen LogP contribution in [0.1, 0.15) is 27.7 Å². The first-order valence-electron chi connectivity index (χ1n) is 9.53. The normalized spacial score (nSPS) is 11.7. The molecule has 0 radical (unpaired) electrons. The number of nitrogens with zero attached hydrogens (tertiary/aromatic N) is 1. The number of pyridine rings is 1. The first-order valence-corrected chi connectivity index (χ1v) is 9.53. The number of aromatic nitrogens is 1. The second kappa shape index (κ2) is 8.66. The molecule has 5 nitrogen and oxygen atoms in total. The first-order chi connectivity index (χ1) is 14.7. The lowest BCUT2D eigenvalue weighted by Crippen LogP contribution is -2.15. The highest BCUT2D eigenvalue weighted by molar-refractivity contribution is 5.90. The summed E-state index contributed by atoms with van der Waals surface area (Å²) in [7, 11) is 3.14. The van der Waals surface area contributed by atoms with Crippen molar-refractivity contribution < 1.29 is 19.0 Å². The topological polar surface area (TPSA) is 57.7 Å². The minimum absolute atomic E-state index is 0.444. The Morgan fingerprint density at radius 1 is 0.833 bits per heavy atom. The van der Waals surface area contributed by atoms with Crippen molar-refractivity contribution in [3.05, 3.63) is 102 Å². The zero-order valence-corrected chi connectivity index (χ0v) is 16.7. The molecule has 0 spiro atoms. The second-order valence-corrected chi connectivity index (χ2v) is 6.65. The van der Waals surface area contributed by atoms with Crippen LogP contribution in [0.2, 0.25) is 0 Å². The molecule has 0 amide bonds. The van der Waals surface area contributed by atoms with Crippen molar-refractivity contribution in [2.45, 2.75) is 6.10 Å². The van der Waals surface area contributed by atoms with Gasteiger partial charge in [0, 0.05) is 17.1 Å². The monoisotopic (exact) mass is 399 g/mol. The van der Waals surface area contributed by atoms with Gasteiger partial charge < -0.3 is 14.2 Å². The molecule has 0 saturated carbocycles. The predicted molar refractivity (Wildman–Crippen MR) is 115 cm³/mol. The van der Waals surface area contributed by atoms with Crippen molar-refractivity contribution in [2.75, 3.05) is 14.2 Å². The van der Waals surface area contributed by atoms with E-state index >= 15 is 0 Å². The predicted octanol–water partition coefficient (Wildman–Crippen LogP) is 5.20. The van der Waals surface area contributed by atoms with Crippen LogP contribution in [0.25, 0.3) is 10.8 Å². The van der Waals surface area contributed by atoms with Gasteiger partial charge in [-0.15, -0.1) is 0 Å². The first kappa shape index (κ1) is 19.5. The van der Waals surface area contributed by atoms with Gasteiger partial charge in [0.05, 0.1) is 25.5 Å². The van der Waals surface area contributed by atoms with Crippen LogP contribution >= 0.6 is 0 Å². The van der Waals surface area contributed by atoms with Crippen LogP contribution in [0.15, 0.2) is 85.1 Å². The molecule has 0 aliphatic carbocycles. The fourth-order valence-corrected chi connectivity index (χ4v) is 3.49. The van der Waals surface area contributed by atoms with E-state index in [1.54, 1.807) is 50.7 Å². The molecular weight excluding hydrogens is 378 g/mol. The third-order valence-corrected chi connectivity index (χ3v) is 4.90. The Kier molecular flexibility index (Phi) is 5.61. The Labute approximate surface area is 174 Å². The van der Waals surface area contributed by atoms with Crippen molar-refractivity contribution in [1.82, 2.24) is 4.98 Å². The number of carbonyl (C=O) groups is 1. The Bertz CT molecular complexity index is 1170. The number of fused-ring (bicyclic) bond motifs is 1. The maximum Gasteiger partial charge on any atom is 0.339 e. The van der Waals surface area contributed by atoms with E-state index in [2.05, 4.69) is 4.98 Å². The molecule has 0 bridgehead atoms. The highest BCUT2D eigenvalue weighted by atomic mass is 16.5. The van der Waals surface area contributed by atoms with E-state index in [1.807, 2.05) is 48.5 Å². The highest BCUT2D eigenvalue weighted by Crippen LogP contribution is 2.40. The molecular formula is C25H21NO4. The van der Waals surface area contributed by atoms with Gasteiger partial charge in [-0.25, -0.2) is 4.79 Å². The largest absolute Gasteiger partial charge is 0.493 e. The van der Waals surface area contributed by atoms with Gasteiger partial charge in [0.1, 0.15) is 0 Å². The van der Waals surface area contributed by atoms with E-state index in [0.717, 1.165) is 10.8 Å². The zero-order valence-electron chi connectivity index (χ0n) is 16.7. The van der Waals surface area contributed by atoms with Crippen LogP contribution in [0, 0.1) is 0 Å². The number of rotatable bonds is 6. The van der Waals surface area contributed by atoms with Crippen LogP contribution in [-0.4, -0.2) is 25.2 Å². The van der Waals surface area contributed by atoms with E-state index in [1.165, 1.54) is 0 Å². The van der Waals surface area contributed by atoms with Crippen LogP contribution in [-0.2, 0) is 4.74 Å². The zero-order chi connectivity index (χ0) is 20.9. The van der Waals surface area contributed by atoms with E-state index in [-0.39, 0.29) is 0 Å². The van der Waals surface area contributed by atoms with E-state index < -0.39 is 12.1 Å². The molecule has 1 aromatic heterocycles. The SMILES string of the molecule is COc1cccc(C(OC(=O)c2ccccc2)c2nccc3ccccc23)c1OC. The molecule has 0 aliphatic heterocycles. The highest BCUT2D eigenvalue weighted by Gasteiger charge is 2.28. The number of hydrogen-bond acceptors (Lipinski definition) is 5. The maximum absolute atomic E-state index is 13.0. The summed E-state index contributed by atoms with van der Waals surface area (Å²) in [5.41, 5.74) is 1.75. The van der Waals surface area contributed by atoms with Crippen molar-refractivity contribution in [3.63, 3.8) is 0 Å². The second-order valence-electron chi connectivity index (χ2n) is 6.65. The molecule has 4 rings (SSSR count). The third-order valence-electron chi connectivity index (χ3n) is 4.90. The molecule has 4 aromatic rings. The van der Waals surface area contributed by atoms with Gasteiger partial charge in [0.2, 0.25) is 0 Å². The van der Waals surface area contributed by atoms with Crippen LogP contribution in [0.3, 0.4) is 0 Å². The lowest BCUT2D eigenvalue weighted by molar-refractivity contribution is 0.0369. The maximum atomic E-state index is 13.0. The standard InChI is InChI=1S/C25H21NO4/c1-28-21-14-8-13-20(23(21)29-2)24(30-25(27)18-10-4-3-5-11-18)22-19-12-7-6-9-17(19)15-16-26-22/h3-16,24H,1-2H3. The average Bonchev–Trinajstić information content (AvgIpc) is 2.82. The van der Waals surface area contributed by atoms with Crippen LogP contribution in [0.5, 0.6) is 11.5 Å². The smallest absolute Gasteiger partial charge is 0.339 e. The van der Waals surface area contributed by atoms with Gasteiger partial charge in [-0.1, -0.05) is 54.6 Å². The van der Waals surface area contributed by atoms with Crippen molar-refractivity contribution in [1.29, 1.82) is 0 Å². The quantitative estimate of drug-likeness (QED) is 0.417.